The van der Waals surface area contributed by atoms with Gasteiger partial charge in [-0.05, 0) is 67.2 Å². The summed E-state index contributed by atoms with van der Waals surface area (Å²) >= 11 is 0. The predicted octanol–water partition coefficient (Wildman–Crippen LogP) is 3.04. The Morgan fingerprint density at radius 3 is 2.82 bits per heavy atom. The van der Waals surface area contributed by atoms with Crippen LogP contribution in [0.1, 0.15) is 63.0 Å². The zero-order valence-electron chi connectivity index (χ0n) is 16.9. The number of benzene rings is 1. The molecule has 3 fully saturated rings. The Labute approximate surface area is 166 Å². The fourth-order valence-electron chi connectivity index (χ4n) is 7.58. The lowest BCUT2D eigenvalue weighted by Crippen LogP contribution is -2.55. The van der Waals surface area contributed by atoms with Crippen molar-refractivity contribution in [2.75, 3.05) is 7.11 Å². The summed E-state index contributed by atoms with van der Waals surface area (Å²) in [5.74, 6) is 1.38. The molecule has 1 heterocycles. The van der Waals surface area contributed by atoms with Crippen LogP contribution in [0.15, 0.2) is 18.2 Å². The first-order valence-corrected chi connectivity index (χ1v) is 10.5. The standard InChI is InChI=1S/C23H29NO4/c1-13(25)24-19-11-20(26)22(2)9-8-17-16-6-5-15(28-3)10-14(16)4-7-18(17)23(19,22)12-21(24)27/h5-6,10,17-20,26H,4,7-9,11-12H2,1-3H3/t17-,18-,19-,20-,22-,23+/m1/s1. The molecule has 5 nitrogen and oxygen atoms in total. The molecule has 0 unspecified atom stereocenters. The molecule has 6 atom stereocenters. The Balaban J connectivity index is 1.63. The van der Waals surface area contributed by atoms with E-state index >= 15 is 0 Å². The molecule has 5 heteroatoms. The van der Waals surface area contributed by atoms with Gasteiger partial charge in [0.2, 0.25) is 11.8 Å². The SMILES string of the molecule is COc1ccc2c(c1)CC[C@@H]1[C@@H]2CC[C@]2(C)[C@H](O)C[C@H]3N(C(C)=O)C(=O)C[C@]132. The normalized spacial score (nSPS) is 41.1. The average molecular weight is 383 g/mol. The van der Waals surface area contributed by atoms with Crippen LogP contribution in [0.5, 0.6) is 5.75 Å². The molecule has 1 spiro atoms. The molecular weight excluding hydrogens is 354 g/mol. The minimum absolute atomic E-state index is 0.0446. The number of rotatable bonds is 1. The van der Waals surface area contributed by atoms with E-state index in [0.717, 1.165) is 31.4 Å². The Morgan fingerprint density at radius 2 is 2.11 bits per heavy atom. The van der Waals surface area contributed by atoms with Gasteiger partial charge in [-0.15, -0.1) is 0 Å². The molecule has 1 aromatic carbocycles. The number of ether oxygens (including phenoxy) is 1. The summed E-state index contributed by atoms with van der Waals surface area (Å²) in [5.41, 5.74) is 2.11. The van der Waals surface area contributed by atoms with Crippen LogP contribution in [0.3, 0.4) is 0 Å². The maximum absolute atomic E-state index is 12.9. The van der Waals surface area contributed by atoms with Gasteiger partial charge >= 0.3 is 0 Å². The molecule has 2 amide bonds. The van der Waals surface area contributed by atoms with Crippen LogP contribution in [0.2, 0.25) is 0 Å². The highest BCUT2D eigenvalue weighted by molar-refractivity contribution is 5.97. The van der Waals surface area contributed by atoms with Gasteiger partial charge in [0.05, 0.1) is 13.2 Å². The maximum Gasteiger partial charge on any atom is 0.230 e. The van der Waals surface area contributed by atoms with Crippen molar-refractivity contribution in [1.29, 1.82) is 0 Å². The fraction of sp³-hybridized carbons (Fsp3) is 0.652. The molecule has 1 aromatic rings. The number of carbonyl (C=O) groups is 2. The van der Waals surface area contributed by atoms with E-state index in [0.29, 0.717) is 24.7 Å². The largest absolute Gasteiger partial charge is 0.497 e. The number of methoxy groups -OCH3 is 1. The topological polar surface area (TPSA) is 66.8 Å². The average Bonchev–Trinajstić information content (AvgIpc) is 3.07. The quantitative estimate of drug-likeness (QED) is 0.809. The van der Waals surface area contributed by atoms with Gasteiger partial charge in [0.1, 0.15) is 5.75 Å². The van der Waals surface area contributed by atoms with Gasteiger partial charge in [0, 0.05) is 30.2 Å². The van der Waals surface area contributed by atoms with E-state index in [1.165, 1.54) is 23.0 Å². The molecule has 5 rings (SSSR count). The van der Waals surface area contributed by atoms with Crippen molar-refractivity contribution >= 4 is 11.8 Å². The number of carbonyl (C=O) groups excluding carboxylic acids is 2. The Bertz CT molecular complexity index is 866. The number of aliphatic hydroxyl groups excluding tert-OH is 1. The van der Waals surface area contributed by atoms with Gasteiger partial charge in [0.15, 0.2) is 0 Å². The predicted molar refractivity (Wildman–Crippen MR) is 104 cm³/mol. The number of fused-ring (bicyclic) bond motifs is 3. The van der Waals surface area contributed by atoms with Crippen molar-refractivity contribution in [3.63, 3.8) is 0 Å². The molecule has 0 aromatic heterocycles. The molecule has 1 N–H and O–H groups in total. The Kier molecular flexibility index (Phi) is 3.77. The van der Waals surface area contributed by atoms with E-state index in [1.807, 2.05) is 6.07 Å². The second-order valence-electron chi connectivity index (χ2n) is 9.54. The highest BCUT2D eigenvalue weighted by Gasteiger charge is 2.73. The molecule has 150 valence electrons. The zero-order chi connectivity index (χ0) is 19.8. The van der Waals surface area contributed by atoms with Crippen molar-refractivity contribution in [1.82, 2.24) is 4.90 Å². The van der Waals surface area contributed by atoms with Gasteiger partial charge < -0.3 is 9.84 Å². The summed E-state index contributed by atoms with van der Waals surface area (Å²) in [6.07, 6.45) is 4.37. The highest BCUT2D eigenvalue weighted by Crippen LogP contribution is 2.72. The molecular formula is C23H29NO4. The molecule has 0 bridgehead atoms. The number of nitrogens with zero attached hydrogens (tertiary/aromatic N) is 1. The third-order valence-corrected chi connectivity index (χ3v) is 8.80. The van der Waals surface area contributed by atoms with E-state index in [4.69, 9.17) is 4.74 Å². The zero-order valence-corrected chi connectivity index (χ0v) is 16.9. The maximum atomic E-state index is 12.9. The summed E-state index contributed by atoms with van der Waals surface area (Å²) in [5, 5.41) is 11.1. The van der Waals surface area contributed by atoms with Gasteiger partial charge in [-0.1, -0.05) is 13.0 Å². The second kappa shape index (κ2) is 5.82. The first-order chi connectivity index (χ1) is 13.3. The monoisotopic (exact) mass is 383 g/mol. The van der Waals surface area contributed by atoms with Gasteiger partial charge in [-0.25, -0.2) is 0 Å². The smallest absolute Gasteiger partial charge is 0.230 e. The van der Waals surface area contributed by atoms with E-state index in [9.17, 15) is 14.7 Å². The first-order valence-electron chi connectivity index (χ1n) is 10.5. The molecule has 4 aliphatic rings. The number of likely N-dealkylation sites (tertiary alicyclic amines) is 1. The van der Waals surface area contributed by atoms with Crippen molar-refractivity contribution < 1.29 is 19.4 Å². The van der Waals surface area contributed by atoms with Crippen LogP contribution < -0.4 is 4.74 Å². The number of aliphatic hydroxyl groups is 1. The molecule has 1 aliphatic heterocycles. The van der Waals surface area contributed by atoms with Gasteiger partial charge in [0.25, 0.3) is 0 Å². The van der Waals surface area contributed by atoms with Crippen LogP contribution in [0, 0.1) is 16.7 Å². The van der Waals surface area contributed by atoms with Crippen molar-refractivity contribution in [2.24, 2.45) is 16.7 Å². The van der Waals surface area contributed by atoms with Crippen LogP contribution in [0.25, 0.3) is 0 Å². The van der Waals surface area contributed by atoms with E-state index in [1.54, 1.807) is 7.11 Å². The number of hydrogen-bond donors (Lipinski definition) is 1. The lowest BCUT2D eigenvalue weighted by molar-refractivity contribution is -0.142. The third kappa shape index (κ3) is 2.01. The molecule has 0 radical (unpaired) electrons. The molecule has 3 aliphatic carbocycles. The number of imide groups is 1. The summed E-state index contributed by atoms with van der Waals surface area (Å²) in [4.78, 5) is 26.7. The van der Waals surface area contributed by atoms with Crippen LogP contribution >= 0.6 is 0 Å². The summed E-state index contributed by atoms with van der Waals surface area (Å²) in [7, 11) is 1.70. The van der Waals surface area contributed by atoms with Gasteiger partial charge in [-0.3, -0.25) is 14.5 Å². The van der Waals surface area contributed by atoms with Crippen molar-refractivity contribution in [3.05, 3.63) is 29.3 Å². The molecule has 28 heavy (non-hydrogen) atoms. The van der Waals surface area contributed by atoms with Gasteiger partial charge in [-0.2, -0.15) is 0 Å². The summed E-state index contributed by atoms with van der Waals surface area (Å²) < 4.78 is 5.42. The van der Waals surface area contributed by atoms with E-state index in [2.05, 4.69) is 19.1 Å². The minimum Gasteiger partial charge on any atom is -0.497 e. The highest BCUT2D eigenvalue weighted by atomic mass is 16.5. The van der Waals surface area contributed by atoms with Crippen molar-refractivity contribution in [3.8, 4) is 5.75 Å². The third-order valence-electron chi connectivity index (χ3n) is 8.80. The summed E-state index contributed by atoms with van der Waals surface area (Å²) in [6.45, 7) is 3.66. The molecule has 2 saturated carbocycles. The minimum atomic E-state index is -0.453. The lowest BCUT2D eigenvalue weighted by Gasteiger charge is -2.58. The fourth-order valence-corrected chi connectivity index (χ4v) is 7.58. The first kappa shape index (κ1) is 18.2. The number of aryl methyl sites for hydroxylation is 1. The Hall–Kier alpha value is -1.88. The van der Waals surface area contributed by atoms with Crippen LogP contribution in [-0.4, -0.2) is 41.1 Å². The number of hydrogen-bond acceptors (Lipinski definition) is 4. The summed E-state index contributed by atoms with van der Waals surface area (Å²) in [6, 6.07) is 6.23. The lowest BCUT2D eigenvalue weighted by atomic mass is 9.46. The molecule has 1 saturated heterocycles. The van der Waals surface area contributed by atoms with Crippen LogP contribution in [-0.2, 0) is 16.0 Å². The van der Waals surface area contributed by atoms with E-state index in [-0.39, 0.29) is 28.7 Å². The second-order valence-corrected chi connectivity index (χ2v) is 9.54. The van der Waals surface area contributed by atoms with Crippen LogP contribution in [0.4, 0.5) is 0 Å². The number of amides is 2. The van der Waals surface area contributed by atoms with E-state index < -0.39 is 6.10 Å². The Morgan fingerprint density at radius 1 is 1.32 bits per heavy atom. The van der Waals surface area contributed by atoms with Crippen molar-refractivity contribution in [2.45, 2.75) is 70.4 Å².